The Hall–Kier alpha value is -2.99. The van der Waals surface area contributed by atoms with Crippen LogP contribution in [0.3, 0.4) is 0 Å². The van der Waals surface area contributed by atoms with Gasteiger partial charge < -0.3 is 4.74 Å². The van der Waals surface area contributed by atoms with Crippen LogP contribution in [0.25, 0.3) is 5.57 Å². The first-order valence-electron chi connectivity index (χ1n) is 11.5. The van der Waals surface area contributed by atoms with E-state index < -0.39 is 10.0 Å². The summed E-state index contributed by atoms with van der Waals surface area (Å²) in [7, 11) is -3.72. The van der Waals surface area contributed by atoms with Crippen molar-refractivity contribution in [2.75, 3.05) is 13.2 Å². The average molecular weight is 474 g/mol. The number of ether oxygens (including phenoxy) is 1. The summed E-state index contributed by atoms with van der Waals surface area (Å²) in [5.74, 6) is -0.142. The minimum absolute atomic E-state index is 0.142. The summed E-state index contributed by atoms with van der Waals surface area (Å²) < 4.78 is 35.2. The van der Waals surface area contributed by atoms with E-state index >= 15 is 0 Å². The van der Waals surface area contributed by atoms with Gasteiger partial charge in [-0.15, -0.1) is 6.58 Å². The molecular formula is C29H31NO3S. The van der Waals surface area contributed by atoms with E-state index in [2.05, 4.69) is 25.6 Å². The van der Waals surface area contributed by atoms with Crippen LogP contribution in [0.15, 0.2) is 108 Å². The fourth-order valence-electron chi connectivity index (χ4n) is 4.51. The number of rotatable bonds is 8. The molecule has 3 aromatic carbocycles. The van der Waals surface area contributed by atoms with Crippen molar-refractivity contribution in [3.05, 3.63) is 120 Å². The van der Waals surface area contributed by atoms with Crippen LogP contribution in [-0.4, -0.2) is 31.9 Å². The highest BCUT2D eigenvalue weighted by Gasteiger charge is 2.44. The van der Waals surface area contributed by atoms with Crippen molar-refractivity contribution in [3.8, 4) is 0 Å². The summed E-state index contributed by atoms with van der Waals surface area (Å²) in [6.45, 7) is 9.10. The summed E-state index contributed by atoms with van der Waals surface area (Å²) in [5, 5.41) is 0. The van der Waals surface area contributed by atoms with Crippen molar-refractivity contribution < 1.29 is 13.2 Å². The lowest BCUT2D eigenvalue weighted by atomic mass is 9.90. The fourth-order valence-corrected chi connectivity index (χ4v) is 6.12. The third-order valence-corrected chi connectivity index (χ3v) is 8.37. The second kappa shape index (κ2) is 10.5. The summed E-state index contributed by atoms with van der Waals surface area (Å²) in [6, 6.07) is 26.7. The molecule has 0 unspecified atom stereocenters. The van der Waals surface area contributed by atoms with Gasteiger partial charge in [0.15, 0.2) is 0 Å². The monoisotopic (exact) mass is 473 g/mol. The molecule has 4 nitrogen and oxygen atoms in total. The lowest BCUT2D eigenvalue weighted by molar-refractivity contribution is 0.0807. The zero-order valence-electron chi connectivity index (χ0n) is 19.7. The van der Waals surface area contributed by atoms with Crippen LogP contribution in [0.1, 0.15) is 23.6 Å². The van der Waals surface area contributed by atoms with Gasteiger partial charge in [0.25, 0.3) is 0 Å². The predicted octanol–water partition coefficient (Wildman–Crippen LogP) is 5.86. The van der Waals surface area contributed by atoms with Gasteiger partial charge in [-0.3, -0.25) is 0 Å². The van der Waals surface area contributed by atoms with Gasteiger partial charge in [-0.2, -0.15) is 4.31 Å². The predicted molar refractivity (Wildman–Crippen MR) is 138 cm³/mol. The number of hydrogen-bond donors (Lipinski definition) is 0. The maximum atomic E-state index is 13.8. The summed E-state index contributed by atoms with van der Waals surface area (Å²) in [5.41, 5.74) is 5.31. The van der Waals surface area contributed by atoms with Crippen LogP contribution < -0.4 is 0 Å². The molecule has 0 spiro atoms. The number of allylic oxidation sites excluding steroid dienone is 1. The van der Waals surface area contributed by atoms with E-state index in [4.69, 9.17) is 4.74 Å². The molecule has 4 rings (SSSR count). The van der Waals surface area contributed by atoms with E-state index in [0.29, 0.717) is 18.0 Å². The number of aryl methyl sites for hydroxylation is 1. The second-order valence-corrected chi connectivity index (χ2v) is 10.6. The molecule has 1 fully saturated rings. The normalized spacial score (nSPS) is 20.3. The second-order valence-electron chi connectivity index (χ2n) is 8.71. The Balaban J connectivity index is 1.70. The van der Waals surface area contributed by atoms with Gasteiger partial charge in [0.2, 0.25) is 10.0 Å². The number of benzene rings is 3. The molecule has 0 saturated carbocycles. The number of hydrogen-bond acceptors (Lipinski definition) is 3. The molecule has 176 valence electrons. The van der Waals surface area contributed by atoms with Crippen LogP contribution in [0, 0.1) is 12.8 Å². The molecule has 0 radical (unpaired) electrons. The molecule has 1 saturated heterocycles. The smallest absolute Gasteiger partial charge is 0.243 e. The molecule has 0 bridgehead atoms. The zero-order chi connectivity index (χ0) is 24.1. The van der Waals surface area contributed by atoms with E-state index in [1.165, 1.54) is 0 Å². The highest BCUT2D eigenvalue weighted by Crippen LogP contribution is 2.39. The lowest BCUT2D eigenvalue weighted by Crippen LogP contribution is -2.40. The van der Waals surface area contributed by atoms with E-state index in [1.807, 2.05) is 73.7 Å². The van der Waals surface area contributed by atoms with E-state index in [-0.39, 0.29) is 18.6 Å². The largest absolute Gasteiger partial charge is 0.375 e. The first-order valence-corrected chi connectivity index (χ1v) is 12.9. The molecular weight excluding hydrogens is 442 g/mol. The van der Waals surface area contributed by atoms with Crippen LogP contribution in [0.2, 0.25) is 0 Å². The molecule has 5 heteroatoms. The molecule has 1 aliphatic heterocycles. The Morgan fingerprint density at radius 1 is 1.00 bits per heavy atom. The van der Waals surface area contributed by atoms with Gasteiger partial charge in [-0.25, -0.2) is 8.42 Å². The fraction of sp³-hybridized carbons (Fsp3) is 0.241. The quantitative estimate of drug-likeness (QED) is 0.385. The Labute approximate surface area is 203 Å². The Kier molecular flexibility index (Phi) is 7.47. The highest BCUT2D eigenvalue weighted by molar-refractivity contribution is 7.89. The molecule has 2 atom stereocenters. The van der Waals surface area contributed by atoms with Crippen molar-refractivity contribution >= 4 is 15.6 Å². The van der Waals surface area contributed by atoms with Crippen LogP contribution >= 0.6 is 0 Å². The van der Waals surface area contributed by atoms with Crippen molar-refractivity contribution in [3.63, 3.8) is 0 Å². The third kappa shape index (κ3) is 5.07. The highest BCUT2D eigenvalue weighted by atomic mass is 32.2. The van der Waals surface area contributed by atoms with E-state index in [1.54, 1.807) is 16.4 Å². The summed E-state index contributed by atoms with van der Waals surface area (Å²) in [6.07, 6.45) is 1.86. The van der Waals surface area contributed by atoms with Gasteiger partial charge in [0.05, 0.1) is 24.2 Å². The van der Waals surface area contributed by atoms with Crippen LogP contribution in [0.5, 0.6) is 0 Å². The first kappa shape index (κ1) is 24.1. The van der Waals surface area contributed by atoms with Gasteiger partial charge in [-0.05, 0) is 48.3 Å². The van der Waals surface area contributed by atoms with E-state index in [0.717, 1.165) is 27.8 Å². The Morgan fingerprint density at radius 2 is 1.62 bits per heavy atom. The molecule has 0 aromatic heterocycles. The maximum Gasteiger partial charge on any atom is 0.243 e. The number of nitrogens with zero attached hydrogens (tertiary/aromatic N) is 1. The van der Waals surface area contributed by atoms with Crippen molar-refractivity contribution in [2.24, 2.45) is 5.92 Å². The molecule has 3 aromatic rings. The molecule has 0 N–H and O–H groups in total. The zero-order valence-corrected chi connectivity index (χ0v) is 20.5. The van der Waals surface area contributed by atoms with Gasteiger partial charge in [0.1, 0.15) is 0 Å². The standard InChI is InChI=1S/C29H31NO3S/c1-4-27-28(23(3)25-13-9-6-10-14-25)19-30(34(31,32)26-17-15-22(2)16-18-26)29(27)21-33-20-24-11-7-5-8-12-24/h4-18,27,29H,1,19-21H2,2-3H3/b28-23+/t27-,29-/m1/s1. The van der Waals surface area contributed by atoms with Crippen LogP contribution in [-0.2, 0) is 21.4 Å². The Morgan fingerprint density at radius 3 is 2.24 bits per heavy atom. The van der Waals surface area contributed by atoms with Gasteiger partial charge in [-0.1, -0.05) is 84.4 Å². The summed E-state index contributed by atoms with van der Waals surface area (Å²) in [4.78, 5) is 0.299. The average Bonchev–Trinajstić information content (AvgIpc) is 3.24. The topological polar surface area (TPSA) is 46.6 Å². The molecule has 0 aliphatic carbocycles. The molecule has 34 heavy (non-hydrogen) atoms. The van der Waals surface area contributed by atoms with Crippen molar-refractivity contribution in [1.82, 2.24) is 4.31 Å². The first-order chi connectivity index (χ1) is 16.4. The molecule has 1 aliphatic rings. The number of sulfonamides is 1. The van der Waals surface area contributed by atoms with E-state index in [9.17, 15) is 8.42 Å². The summed E-state index contributed by atoms with van der Waals surface area (Å²) >= 11 is 0. The minimum Gasteiger partial charge on any atom is -0.375 e. The van der Waals surface area contributed by atoms with Gasteiger partial charge >= 0.3 is 0 Å². The van der Waals surface area contributed by atoms with Crippen molar-refractivity contribution in [2.45, 2.75) is 31.4 Å². The van der Waals surface area contributed by atoms with Crippen LogP contribution in [0.4, 0.5) is 0 Å². The minimum atomic E-state index is -3.72. The SMILES string of the molecule is C=C[C@@H]1/C(=C(\C)c2ccccc2)CN(S(=O)(=O)c2ccc(C)cc2)[C@@H]1COCc1ccccc1. The molecule has 0 amide bonds. The molecule has 1 heterocycles. The third-order valence-electron chi connectivity index (χ3n) is 6.48. The Bertz CT molecular complexity index is 1250. The van der Waals surface area contributed by atoms with Gasteiger partial charge in [0, 0.05) is 12.5 Å². The van der Waals surface area contributed by atoms with Crippen molar-refractivity contribution in [1.29, 1.82) is 0 Å². The lowest BCUT2D eigenvalue weighted by Gasteiger charge is -2.26. The maximum absolute atomic E-state index is 13.8.